The molecule has 37 heavy (non-hydrogen) atoms. The third-order valence-electron chi connectivity index (χ3n) is 7.20. The van der Waals surface area contributed by atoms with E-state index in [2.05, 4.69) is 0 Å². The summed E-state index contributed by atoms with van der Waals surface area (Å²) >= 11 is 0. The summed E-state index contributed by atoms with van der Waals surface area (Å²) in [4.78, 5) is 11.8. The first-order chi connectivity index (χ1) is 17.0. The lowest BCUT2D eigenvalue weighted by Crippen LogP contribution is -2.81. The molecule has 0 spiro atoms. The topological polar surface area (TPSA) is 279 Å². The zero-order valence-corrected chi connectivity index (χ0v) is 19.7. The molecule has 3 aliphatic rings. The van der Waals surface area contributed by atoms with Gasteiger partial charge >= 0.3 is 0 Å². The average molecular weight is 547 g/mol. The van der Waals surface area contributed by atoms with Crippen LogP contribution >= 0.6 is 0 Å². The molecule has 0 aromatic rings. The maximum absolute atomic E-state index is 14.9. The van der Waals surface area contributed by atoms with E-state index in [4.69, 9.17) is 14.2 Å². The van der Waals surface area contributed by atoms with Crippen LogP contribution in [-0.2, 0) is 19.0 Å². The summed E-state index contributed by atoms with van der Waals surface area (Å²) in [5.41, 5.74) is -3.13. The van der Waals surface area contributed by atoms with Crippen LogP contribution in [0.25, 0.3) is 0 Å². The Bertz CT molecular complexity index is 823. The maximum atomic E-state index is 14.9. The van der Waals surface area contributed by atoms with Crippen molar-refractivity contribution in [2.45, 2.75) is 111 Å². The predicted molar refractivity (Wildman–Crippen MR) is 112 cm³/mol. The van der Waals surface area contributed by atoms with Crippen LogP contribution in [-0.4, -0.2) is 166 Å². The molecule has 3 saturated heterocycles. The van der Waals surface area contributed by atoms with Gasteiger partial charge in [0.25, 0.3) is 5.85 Å². The van der Waals surface area contributed by atoms with Crippen LogP contribution in [0.5, 0.6) is 0 Å². The van der Waals surface area contributed by atoms with Gasteiger partial charge in [-0.2, -0.15) is 0 Å². The molecule has 216 valence electrons. The van der Waals surface area contributed by atoms with E-state index < -0.39 is 110 Å². The smallest absolute Gasteiger partial charge is 0.263 e. The van der Waals surface area contributed by atoms with Crippen LogP contribution in [0.1, 0.15) is 13.8 Å². The van der Waals surface area contributed by atoms with E-state index in [-0.39, 0.29) is 0 Å². The van der Waals surface area contributed by atoms with Crippen LogP contribution in [0.3, 0.4) is 0 Å². The Morgan fingerprint density at radius 2 is 1.54 bits per heavy atom. The molecule has 3 rings (SSSR count). The molecule has 0 bridgehead atoms. The first-order valence-electron chi connectivity index (χ1n) is 11.4. The Balaban J connectivity index is 2.11. The number of hydrogen-bond acceptors (Lipinski definition) is 15. The summed E-state index contributed by atoms with van der Waals surface area (Å²) in [6, 6.07) is -2.09. The largest absolute Gasteiger partial charge is 0.393 e. The molecule has 1 amide bonds. The number of hydrogen-bond donors (Lipinski definition) is 12. The van der Waals surface area contributed by atoms with Crippen LogP contribution < -0.4 is 5.32 Å². The first-order valence-corrected chi connectivity index (χ1v) is 11.4. The van der Waals surface area contributed by atoms with Crippen molar-refractivity contribution in [1.29, 1.82) is 0 Å². The highest BCUT2D eigenvalue weighted by molar-refractivity contribution is 5.73. The second-order valence-electron chi connectivity index (χ2n) is 9.66. The Labute approximate surface area is 209 Å². The van der Waals surface area contributed by atoms with E-state index >= 15 is 0 Å². The van der Waals surface area contributed by atoms with Crippen molar-refractivity contribution in [2.24, 2.45) is 0 Å². The molecule has 1 unspecified atom stereocenters. The minimum Gasteiger partial charge on any atom is -0.393 e. The molecule has 3 heterocycles. The highest BCUT2D eigenvalue weighted by atomic mass is 19.2. The molecule has 3 fully saturated rings. The highest BCUT2D eigenvalue weighted by Gasteiger charge is 2.69. The summed E-state index contributed by atoms with van der Waals surface area (Å²) in [6.45, 7) is 0.839. The number of nitrogens with one attached hydrogen (secondary N) is 1. The highest BCUT2D eigenvalue weighted by Crippen LogP contribution is 2.44. The second-order valence-corrected chi connectivity index (χ2v) is 9.66. The number of amides is 1. The van der Waals surface area contributed by atoms with Gasteiger partial charge in [-0.25, -0.2) is 4.39 Å². The monoisotopic (exact) mass is 547 g/mol. The van der Waals surface area contributed by atoms with E-state index in [0.29, 0.717) is 0 Å². The van der Waals surface area contributed by atoms with Crippen molar-refractivity contribution in [3.63, 3.8) is 0 Å². The summed E-state index contributed by atoms with van der Waals surface area (Å²) in [7, 11) is 0. The molecule has 3 aliphatic heterocycles. The van der Waals surface area contributed by atoms with Crippen molar-refractivity contribution in [1.82, 2.24) is 5.32 Å². The average Bonchev–Trinajstić information content (AvgIpc) is 2.83. The standard InChI is InChI=1S/C20H34FNO15/c1-4-8(25)15(31)19(33,16-7(22-5(2)24)14(30)20(21,34)6(3-23)36-16)17(35-4)12(29)13-10(27)9(26)11(28)18(32)37-13/h4,6-18,23,25-34H,3H2,1-2H3,(H,22,24)/t4-,6-,7+,8-,9+,10+,11+,12?,13+,14-,15+,16-,17+,18+,19-,20-/m1/s1. The molecule has 0 aromatic heterocycles. The summed E-state index contributed by atoms with van der Waals surface area (Å²) in [5, 5.41) is 116. The number of ether oxygens (including phenoxy) is 3. The third-order valence-corrected chi connectivity index (χ3v) is 7.20. The number of alkyl halides is 1. The quantitative estimate of drug-likeness (QED) is 0.152. The van der Waals surface area contributed by atoms with E-state index in [1.165, 1.54) is 6.92 Å². The van der Waals surface area contributed by atoms with Crippen LogP contribution in [0.4, 0.5) is 4.39 Å². The molecule has 16 nitrogen and oxygen atoms in total. The summed E-state index contributed by atoms with van der Waals surface area (Å²) in [6.07, 6.45) is -27.6. The zero-order chi connectivity index (χ0) is 28.2. The van der Waals surface area contributed by atoms with Gasteiger partial charge < -0.3 is 75.7 Å². The number of aliphatic hydroxyl groups is 11. The Morgan fingerprint density at radius 1 is 0.946 bits per heavy atom. The molecule has 0 aromatic carbocycles. The minimum atomic E-state index is -3.69. The summed E-state index contributed by atoms with van der Waals surface area (Å²) < 4.78 is 30.7. The van der Waals surface area contributed by atoms with Crippen LogP contribution in [0.2, 0.25) is 0 Å². The van der Waals surface area contributed by atoms with Gasteiger partial charge in [0.15, 0.2) is 6.29 Å². The Kier molecular flexibility index (Phi) is 8.85. The SMILES string of the molecule is CC(=O)N[C@H]1[C@@H](O)[C@@](O)(F)[C@@H](CO)O[C@H]1[C@@]1(O)[C@H](C(O)[C@H]2O[C@H](O)[C@@H](O)[C@@H](O)[C@@H]2O)O[C@H](C)[C@@H](O)[C@@H]1O. The van der Waals surface area contributed by atoms with Crippen molar-refractivity contribution in [3.05, 3.63) is 0 Å². The van der Waals surface area contributed by atoms with Gasteiger partial charge in [-0.05, 0) is 6.92 Å². The minimum absolute atomic E-state index is 0.917. The van der Waals surface area contributed by atoms with Gasteiger partial charge in [-0.1, -0.05) is 0 Å². The van der Waals surface area contributed by atoms with Crippen molar-refractivity contribution < 1.29 is 79.6 Å². The fraction of sp³-hybridized carbons (Fsp3) is 0.950. The van der Waals surface area contributed by atoms with Crippen LogP contribution in [0, 0.1) is 0 Å². The van der Waals surface area contributed by atoms with Crippen molar-refractivity contribution in [2.75, 3.05) is 6.61 Å². The number of carbonyl (C=O) groups is 1. The van der Waals surface area contributed by atoms with Crippen molar-refractivity contribution >= 4 is 5.91 Å². The Hall–Kier alpha value is -1.16. The maximum Gasteiger partial charge on any atom is 0.263 e. The number of aliphatic hydroxyl groups excluding tert-OH is 9. The van der Waals surface area contributed by atoms with Gasteiger partial charge in [0, 0.05) is 6.92 Å². The molecular weight excluding hydrogens is 513 g/mol. The summed E-state index contributed by atoms with van der Waals surface area (Å²) in [5.74, 6) is -4.63. The van der Waals surface area contributed by atoms with Gasteiger partial charge in [0.2, 0.25) is 5.91 Å². The van der Waals surface area contributed by atoms with E-state index in [0.717, 1.165) is 6.92 Å². The van der Waals surface area contributed by atoms with Gasteiger partial charge in [-0.3, -0.25) is 4.79 Å². The van der Waals surface area contributed by atoms with Crippen LogP contribution in [0.15, 0.2) is 0 Å². The van der Waals surface area contributed by atoms with E-state index in [1.807, 2.05) is 5.32 Å². The molecule has 12 N–H and O–H groups in total. The number of rotatable bonds is 5. The number of halogens is 1. The molecule has 0 saturated carbocycles. The third kappa shape index (κ3) is 4.98. The fourth-order valence-electron chi connectivity index (χ4n) is 5.07. The molecule has 16 atom stereocenters. The van der Waals surface area contributed by atoms with E-state index in [9.17, 15) is 65.4 Å². The second kappa shape index (κ2) is 10.8. The lowest BCUT2D eigenvalue weighted by molar-refractivity contribution is -0.374. The first kappa shape index (κ1) is 30.4. The zero-order valence-electron chi connectivity index (χ0n) is 19.7. The lowest BCUT2D eigenvalue weighted by Gasteiger charge is -2.58. The molecular formula is C20H34FNO15. The number of carbonyl (C=O) groups excluding carboxylic acids is 1. The Morgan fingerprint density at radius 3 is 2.08 bits per heavy atom. The molecule has 0 radical (unpaired) electrons. The van der Waals surface area contributed by atoms with Crippen molar-refractivity contribution in [3.8, 4) is 0 Å². The fourth-order valence-corrected chi connectivity index (χ4v) is 5.07. The predicted octanol–water partition coefficient (Wildman–Crippen LogP) is -7.33. The van der Waals surface area contributed by atoms with E-state index in [1.54, 1.807) is 0 Å². The van der Waals surface area contributed by atoms with Gasteiger partial charge in [0.05, 0.1) is 18.8 Å². The van der Waals surface area contributed by atoms with Gasteiger partial charge in [-0.15, -0.1) is 0 Å². The van der Waals surface area contributed by atoms with Gasteiger partial charge in [0.1, 0.15) is 72.7 Å². The normalized spacial score (nSPS) is 53.9. The molecule has 17 heteroatoms. The lowest BCUT2D eigenvalue weighted by atomic mass is 9.70. The molecule has 0 aliphatic carbocycles.